The third kappa shape index (κ3) is 5.76. The van der Waals surface area contributed by atoms with Gasteiger partial charge in [0.1, 0.15) is 23.8 Å². The molecule has 0 saturated heterocycles. The number of anilines is 1. The molecule has 7 heteroatoms. The highest BCUT2D eigenvalue weighted by Gasteiger charge is 2.10. The molecule has 1 aromatic heterocycles. The molecule has 0 aliphatic carbocycles. The summed E-state index contributed by atoms with van der Waals surface area (Å²) in [7, 11) is 0. The molecular formula is C18H22ClN5O. The van der Waals surface area contributed by atoms with Gasteiger partial charge in [-0.05, 0) is 32.9 Å². The lowest BCUT2D eigenvalue weighted by Gasteiger charge is -2.16. The van der Waals surface area contributed by atoms with Crippen molar-refractivity contribution in [1.29, 1.82) is 0 Å². The summed E-state index contributed by atoms with van der Waals surface area (Å²) in [5.74, 6) is 1.07. The number of nitrogens with two attached hydrogens (primary N) is 1. The molecule has 0 saturated carbocycles. The number of nitrogens with one attached hydrogen (secondary N) is 1. The van der Waals surface area contributed by atoms with Crippen LogP contribution in [0.25, 0.3) is 0 Å². The van der Waals surface area contributed by atoms with Gasteiger partial charge >= 0.3 is 0 Å². The third-order valence-electron chi connectivity index (χ3n) is 3.39. The van der Waals surface area contributed by atoms with Gasteiger partial charge in [0.05, 0.1) is 23.6 Å². The van der Waals surface area contributed by atoms with E-state index in [-0.39, 0.29) is 6.04 Å². The number of aromatic nitrogens is 2. The van der Waals surface area contributed by atoms with Gasteiger partial charge in [0.2, 0.25) is 0 Å². The average Bonchev–Trinajstić information content (AvgIpc) is 2.60. The van der Waals surface area contributed by atoms with Crippen molar-refractivity contribution in [3.8, 4) is 0 Å². The number of hydrogen-bond donors (Lipinski definition) is 2. The van der Waals surface area contributed by atoms with Gasteiger partial charge in [-0.2, -0.15) is 0 Å². The van der Waals surface area contributed by atoms with E-state index in [1.165, 1.54) is 18.1 Å². The van der Waals surface area contributed by atoms with E-state index in [9.17, 15) is 0 Å². The van der Waals surface area contributed by atoms with Crippen LogP contribution < -0.4 is 11.1 Å². The second-order valence-corrected chi connectivity index (χ2v) is 6.02. The lowest BCUT2D eigenvalue weighted by atomic mass is 10.2. The van der Waals surface area contributed by atoms with E-state index in [0.29, 0.717) is 23.2 Å². The van der Waals surface area contributed by atoms with E-state index in [2.05, 4.69) is 20.3 Å². The van der Waals surface area contributed by atoms with Gasteiger partial charge < -0.3 is 15.8 Å². The summed E-state index contributed by atoms with van der Waals surface area (Å²) < 4.78 is 5.68. The largest absolute Gasteiger partial charge is 0.488 e. The molecule has 0 aliphatic heterocycles. The first-order chi connectivity index (χ1) is 12.0. The second-order valence-electron chi connectivity index (χ2n) is 5.64. The highest BCUT2D eigenvalue weighted by molar-refractivity contribution is 6.33. The van der Waals surface area contributed by atoms with Crippen LogP contribution in [0.4, 0.5) is 11.5 Å². The van der Waals surface area contributed by atoms with Crippen molar-refractivity contribution in [2.24, 2.45) is 10.7 Å². The quantitative estimate of drug-likeness (QED) is 0.580. The molecule has 6 nitrogen and oxygen atoms in total. The summed E-state index contributed by atoms with van der Waals surface area (Å²) in [5.41, 5.74) is 8.35. The Hall–Kier alpha value is -2.60. The number of allylic oxidation sites excluding steroid dienone is 1. The number of ether oxygens (including phenoxy) is 1. The number of aryl methyl sites for hydroxylation is 2. The highest BCUT2D eigenvalue weighted by atomic mass is 35.5. The first-order valence-electron chi connectivity index (χ1n) is 7.88. The predicted octanol–water partition coefficient (Wildman–Crippen LogP) is 3.77. The molecule has 1 heterocycles. The van der Waals surface area contributed by atoms with Gasteiger partial charge in [0, 0.05) is 6.20 Å². The molecule has 0 spiro atoms. The molecular weight excluding hydrogens is 338 g/mol. The van der Waals surface area contributed by atoms with Crippen molar-refractivity contribution >= 4 is 29.3 Å². The Morgan fingerprint density at radius 1 is 1.32 bits per heavy atom. The first-order valence-corrected chi connectivity index (χ1v) is 8.26. The van der Waals surface area contributed by atoms with Crippen molar-refractivity contribution in [3.63, 3.8) is 0 Å². The van der Waals surface area contributed by atoms with Crippen LogP contribution in [0, 0.1) is 13.8 Å². The molecule has 132 valence electrons. The summed E-state index contributed by atoms with van der Waals surface area (Å²) in [6.07, 6.45) is 4.45. The number of hydrogen-bond acceptors (Lipinski definition) is 6. The van der Waals surface area contributed by atoms with Crippen LogP contribution >= 0.6 is 11.6 Å². The Kier molecular flexibility index (Phi) is 6.77. The van der Waals surface area contributed by atoms with Gasteiger partial charge in [0.25, 0.3) is 0 Å². The molecule has 0 amide bonds. The maximum absolute atomic E-state index is 6.18. The van der Waals surface area contributed by atoms with E-state index in [1.807, 2.05) is 45.0 Å². The molecule has 0 fully saturated rings. The summed E-state index contributed by atoms with van der Waals surface area (Å²) >= 11 is 6.18. The summed E-state index contributed by atoms with van der Waals surface area (Å²) in [5, 5.41) is 3.69. The Labute approximate surface area is 152 Å². The van der Waals surface area contributed by atoms with E-state index >= 15 is 0 Å². The van der Waals surface area contributed by atoms with Crippen molar-refractivity contribution in [2.45, 2.75) is 26.8 Å². The van der Waals surface area contributed by atoms with Gasteiger partial charge in [-0.25, -0.2) is 9.97 Å². The molecule has 25 heavy (non-hydrogen) atoms. The number of aliphatic imine (C=N–C) groups is 1. The minimum absolute atomic E-state index is 0.0328. The van der Waals surface area contributed by atoms with Gasteiger partial charge in [0.15, 0.2) is 5.76 Å². The highest BCUT2D eigenvalue weighted by Crippen LogP contribution is 2.21. The Balaban J connectivity index is 1.89. The summed E-state index contributed by atoms with van der Waals surface area (Å²) in [4.78, 5) is 12.5. The van der Waals surface area contributed by atoms with Crippen LogP contribution in [0.2, 0.25) is 5.02 Å². The lowest BCUT2D eigenvalue weighted by molar-refractivity contribution is 0.222. The smallest absolute Gasteiger partial charge is 0.153 e. The van der Waals surface area contributed by atoms with Crippen LogP contribution in [0.1, 0.15) is 18.2 Å². The zero-order chi connectivity index (χ0) is 18.2. The summed E-state index contributed by atoms with van der Waals surface area (Å²) in [6.45, 7) is 6.19. The molecule has 3 N–H and O–H groups in total. The van der Waals surface area contributed by atoms with E-state index < -0.39 is 0 Å². The number of benzene rings is 1. The number of halogens is 1. The zero-order valence-electron chi connectivity index (χ0n) is 14.5. The van der Waals surface area contributed by atoms with Crippen LogP contribution in [0.15, 0.2) is 47.5 Å². The molecule has 2 rings (SSSR count). The van der Waals surface area contributed by atoms with E-state index in [0.717, 1.165) is 11.4 Å². The number of rotatable bonds is 7. The molecule has 2 aromatic rings. The first kappa shape index (κ1) is 18.7. The average molecular weight is 360 g/mol. The van der Waals surface area contributed by atoms with Gasteiger partial charge in [-0.15, -0.1) is 0 Å². The fraction of sp³-hybridized carbons (Fsp3) is 0.278. The zero-order valence-corrected chi connectivity index (χ0v) is 15.3. The Bertz CT molecular complexity index is 759. The molecule has 1 aromatic carbocycles. The van der Waals surface area contributed by atoms with Crippen molar-refractivity contribution in [2.75, 3.05) is 11.9 Å². The fourth-order valence-corrected chi connectivity index (χ4v) is 2.10. The number of nitrogens with zero attached hydrogens (tertiary/aromatic N) is 3. The lowest BCUT2D eigenvalue weighted by Crippen LogP contribution is -2.23. The second kappa shape index (κ2) is 9.03. The predicted molar refractivity (Wildman–Crippen MR) is 102 cm³/mol. The van der Waals surface area contributed by atoms with Crippen LogP contribution in [-0.2, 0) is 4.74 Å². The maximum atomic E-state index is 6.18. The van der Waals surface area contributed by atoms with Crippen LogP contribution in [-0.4, -0.2) is 28.8 Å². The molecule has 1 unspecified atom stereocenters. The van der Waals surface area contributed by atoms with Gasteiger partial charge in [-0.1, -0.05) is 29.3 Å². The summed E-state index contributed by atoms with van der Waals surface area (Å²) in [6, 6.07) is 7.83. The van der Waals surface area contributed by atoms with Crippen molar-refractivity contribution in [1.82, 2.24) is 9.97 Å². The molecule has 1 atom stereocenters. The van der Waals surface area contributed by atoms with Crippen LogP contribution in [0.3, 0.4) is 0 Å². The minimum Gasteiger partial charge on any atom is -0.488 e. The topological polar surface area (TPSA) is 85.4 Å². The molecule has 0 radical (unpaired) electrons. The third-order valence-corrected chi connectivity index (χ3v) is 3.84. The maximum Gasteiger partial charge on any atom is 0.153 e. The van der Waals surface area contributed by atoms with E-state index in [4.69, 9.17) is 22.1 Å². The monoisotopic (exact) mass is 359 g/mol. The van der Waals surface area contributed by atoms with Crippen molar-refractivity contribution < 1.29 is 4.74 Å². The van der Waals surface area contributed by atoms with Crippen molar-refractivity contribution in [3.05, 3.63) is 58.8 Å². The Morgan fingerprint density at radius 2 is 2.04 bits per heavy atom. The Morgan fingerprint density at radius 3 is 2.72 bits per heavy atom. The fourth-order valence-electron chi connectivity index (χ4n) is 1.95. The minimum atomic E-state index is -0.0328. The normalized spacial score (nSPS) is 13.0. The van der Waals surface area contributed by atoms with E-state index in [1.54, 1.807) is 6.21 Å². The molecule has 0 bridgehead atoms. The standard InChI is InChI=1S/C18H22ClN5O/c1-12-4-6-15(7-5-12)21-9-16(8-20)25-10-13(2)24-18-17(19)14(3)22-11-23-18/h4-9,11,13H,10,20H2,1-3H3,(H,22,23,24). The molecule has 0 aliphatic rings. The van der Waals surface area contributed by atoms with Crippen LogP contribution in [0.5, 0.6) is 0 Å². The SMILES string of the molecule is Cc1ccc(N=CC(=CN)OCC(C)Nc2ncnc(C)c2Cl)cc1. The van der Waals surface area contributed by atoms with Gasteiger partial charge in [-0.3, -0.25) is 4.99 Å².